The fraction of sp³-hybridized carbons (Fsp3) is 0.333. The van der Waals surface area contributed by atoms with Crippen LogP contribution < -0.4 is 5.73 Å². The number of aliphatic hydroxyl groups is 1. The van der Waals surface area contributed by atoms with Crippen LogP contribution in [0.2, 0.25) is 0 Å². The van der Waals surface area contributed by atoms with Crippen molar-refractivity contribution < 1.29 is 9.50 Å². The quantitative estimate of drug-likeness (QED) is 0.840. The zero-order chi connectivity index (χ0) is 10.0. The third kappa shape index (κ3) is 2.49. The number of hydrogen-bond acceptors (Lipinski definition) is 2. The molecule has 1 rings (SSSR count). The number of nitrogens with two attached hydrogens (primary N) is 1. The molecule has 0 bridgehead atoms. The molecular formula is C9H11BrFNO. The highest BCUT2D eigenvalue weighted by atomic mass is 79.9. The summed E-state index contributed by atoms with van der Waals surface area (Å²) in [5.41, 5.74) is 6.39. The molecule has 0 amide bonds. The minimum absolute atomic E-state index is 0.326. The highest BCUT2D eigenvalue weighted by Gasteiger charge is 2.14. The highest BCUT2D eigenvalue weighted by Crippen LogP contribution is 2.24. The third-order valence-corrected chi connectivity index (χ3v) is 2.53. The second-order valence-corrected chi connectivity index (χ2v) is 3.79. The zero-order valence-corrected chi connectivity index (χ0v) is 8.75. The van der Waals surface area contributed by atoms with E-state index in [1.807, 2.05) is 0 Å². The van der Waals surface area contributed by atoms with Gasteiger partial charge in [-0.2, -0.15) is 0 Å². The summed E-state index contributed by atoms with van der Waals surface area (Å²) in [6, 6.07) is 3.73. The average Bonchev–Trinajstić information content (AvgIpc) is 2.03. The first kappa shape index (κ1) is 10.6. The van der Waals surface area contributed by atoms with Crippen LogP contribution >= 0.6 is 15.9 Å². The van der Waals surface area contributed by atoms with Crippen molar-refractivity contribution in [2.75, 3.05) is 0 Å². The lowest BCUT2D eigenvalue weighted by Gasteiger charge is -2.16. The van der Waals surface area contributed by atoms with Crippen molar-refractivity contribution in [1.82, 2.24) is 0 Å². The molecule has 1 aromatic carbocycles. The fourth-order valence-electron chi connectivity index (χ4n) is 1.03. The normalized spacial score (nSPS) is 15.5. The summed E-state index contributed by atoms with van der Waals surface area (Å²) < 4.78 is 13.3. The van der Waals surface area contributed by atoms with Gasteiger partial charge in [0.1, 0.15) is 5.82 Å². The van der Waals surface area contributed by atoms with Gasteiger partial charge in [0.2, 0.25) is 0 Å². The smallest absolute Gasteiger partial charge is 0.124 e. The Morgan fingerprint density at radius 1 is 1.54 bits per heavy atom. The lowest BCUT2D eigenvalue weighted by molar-refractivity contribution is 0.164. The highest BCUT2D eigenvalue weighted by molar-refractivity contribution is 9.10. The van der Waals surface area contributed by atoms with E-state index in [1.54, 1.807) is 13.0 Å². The van der Waals surface area contributed by atoms with Crippen LogP contribution in [0.5, 0.6) is 0 Å². The van der Waals surface area contributed by atoms with E-state index < -0.39 is 12.1 Å². The van der Waals surface area contributed by atoms with Gasteiger partial charge in [-0.05, 0) is 24.6 Å². The first-order valence-electron chi connectivity index (χ1n) is 3.91. The van der Waals surface area contributed by atoms with E-state index in [4.69, 9.17) is 5.73 Å². The summed E-state index contributed by atoms with van der Waals surface area (Å²) in [5.74, 6) is -0.326. The van der Waals surface area contributed by atoms with E-state index in [2.05, 4.69) is 15.9 Å². The van der Waals surface area contributed by atoms with Crippen LogP contribution in [-0.4, -0.2) is 11.2 Å². The van der Waals surface area contributed by atoms with Gasteiger partial charge >= 0.3 is 0 Å². The van der Waals surface area contributed by atoms with Crippen molar-refractivity contribution in [3.8, 4) is 0 Å². The SMILES string of the molecule is C[C@H](O)[C@H](N)c1ccc(F)cc1Br. The van der Waals surface area contributed by atoms with Gasteiger partial charge in [-0.1, -0.05) is 22.0 Å². The van der Waals surface area contributed by atoms with Crippen molar-refractivity contribution in [2.24, 2.45) is 5.73 Å². The lowest BCUT2D eigenvalue weighted by Crippen LogP contribution is -2.23. The van der Waals surface area contributed by atoms with Crippen LogP contribution in [0.25, 0.3) is 0 Å². The molecule has 0 radical (unpaired) electrons. The van der Waals surface area contributed by atoms with Crippen LogP contribution in [0.1, 0.15) is 18.5 Å². The Labute approximate surface area is 84.7 Å². The molecule has 0 aliphatic rings. The molecule has 13 heavy (non-hydrogen) atoms. The van der Waals surface area contributed by atoms with E-state index in [-0.39, 0.29) is 5.82 Å². The molecule has 0 fully saturated rings. The minimum atomic E-state index is -0.651. The Bertz CT molecular complexity index is 304. The van der Waals surface area contributed by atoms with Crippen molar-refractivity contribution in [1.29, 1.82) is 0 Å². The maximum absolute atomic E-state index is 12.7. The number of hydrogen-bond donors (Lipinski definition) is 2. The number of benzene rings is 1. The summed E-state index contributed by atoms with van der Waals surface area (Å²) >= 11 is 3.18. The third-order valence-electron chi connectivity index (χ3n) is 1.84. The molecule has 0 spiro atoms. The molecule has 1 aromatic rings. The van der Waals surface area contributed by atoms with Crippen LogP contribution in [0.4, 0.5) is 4.39 Å². The van der Waals surface area contributed by atoms with Crippen LogP contribution in [0.15, 0.2) is 22.7 Å². The van der Waals surface area contributed by atoms with Crippen molar-refractivity contribution in [3.05, 3.63) is 34.1 Å². The Kier molecular flexibility index (Phi) is 3.41. The Balaban J connectivity index is 3.01. The van der Waals surface area contributed by atoms with Gasteiger partial charge in [-0.25, -0.2) is 4.39 Å². The second-order valence-electron chi connectivity index (χ2n) is 2.93. The number of aliphatic hydroxyl groups excluding tert-OH is 1. The molecule has 0 aliphatic heterocycles. The number of halogens is 2. The van der Waals surface area contributed by atoms with Crippen molar-refractivity contribution in [3.63, 3.8) is 0 Å². The first-order valence-corrected chi connectivity index (χ1v) is 4.70. The molecule has 72 valence electrons. The van der Waals surface area contributed by atoms with E-state index in [0.717, 1.165) is 0 Å². The van der Waals surface area contributed by atoms with Gasteiger partial charge in [-0.3, -0.25) is 0 Å². The minimum Gasteiger partial charge on any atom is -0.391 e. The molecule has 2 atom stereocenters. The van der Waals surface area contributed by atoms with Crippen molar-refractivity contribution >= 4 is 15.9 Å². The maximum atomic E-state index is 12.7. The van der Waals surface area contributed by atoms with Gasteiger partial charge in [-0.15, -0.1) is 0 Å². The van der Waals surface area contributed by atoms with Gasteiger partial charge < -0.3 is 10.8 Å². The summed E-state index contributed by atoms with van der Waals surface area (Å²) in [7, 11) is 0. The first-order chi connectivity index (χ1) is 6.02. The second kappa shape index (κ2) is 4.17. The monoisotopic (exact) mass is 247 g/mol. The molecular weight excluding hydrogens is 237 g/mol. The van der Waals surface area contributed by atoms with E-state index in [0.29, 0.717) is 10.0 Å². The summed E-state index contributed by atoms with van der Waals surface area (Å²) in [5, 5.41) is 9.23. The topological polar surface area (TPSA) is 46.2 Å². The average molecular weight is 248 g/mol. The van der Waals surface area contributed by atoms with Gasteiger partial charge in [0.15, 0.2) is 0 Å². The van der Waals surface area contributed by atoms with Crippen molar-refractivity contribution in [2.45, 2.75) is 19.1 Å². The molecule has 2 nitrogen and oxygen atoms in total. The maximum Gasteiger partial charge on any atom is 0.124 e. The fourth-order valence-corrected chi connectivity index (χ4v) is 1.65. The van der Waals surface area contributed by atoms with E-state index in [9.17, 15) is 9.50 Å². The molecule has 3 N–H and O–H groups in total. The molecule has 4 heteroatoms. The largest absolute Gasteiger partial charge is 0.391 e. The molecule has 0 saturated carbocycles. The van der Waals surface area contributed by atoms with Crippen LogP contribution in [0.3, 0.4) is 0 Å². The Morgan fingerprint density at radius 3 is 2.62 bits per heavy atom. The Hall–Kier alpha value is -0.450. The van der Waals surface area contributed by atoms with Gasteiger partial charge in [0.25, 0.3) is 0 Å². The molecule has 0 saturated heterocycles. The zero-order valence-electron chi connectivity index (χ0n) is 7.17. The Morgan fingerprint density at radius 2 is 2.15 bits per heavy atom. The number of rotatable bonds is 2. The van der Waals surface area contributed by atoms with Crippen LogP contribution in [-0.2, 0) is 0 Å². The standard InChI is InChI=1S/C9H11BrFNO/c1-5(13)9(12)7-3-2-6(11)4-8(7)10/h2-5,9,13H,12H2,1H3/t5-,9-/m0/s1. The van der Waals surface area contributed by atoms with Gasteiger partial charge in [0, 0.05) is 4.47 Å². The van der Waals surface area contributed by atoms with E-state index >= 15 is 0 Å². The molecule has 0 heterocycles. The van der Waals surface area contributed by atoms with E-state index in [1.165, 1.54) is 12.1 Å². The van der Waals surface area contributed by atoms with Gasteiger partial charge in [0.05, 0.1) is 12.1 Å². The predicted octanol–water partition coefficient (Wildman–Crippen LogP) is 1.97. The molecule has 0 aromatic heterocycles. The predicted molar refractivity (Wildman–Crippen MR) is 52.7 cm³/mol. The summed E-state index contributed by atoms with van der Waals surface area (Å²) in [6.45, 7) is 1.60. The summed E-state index contributed by atoms with van der Waals surface area (Å²) in [6.07, 6.45) is -0.651. The van der Waals surface area contributed by atoms with Crippen LogP contribution in [0, 0.1) is 5.82 Å². The molecule has 0 aliphatic carbocycles. The lowest BCUT2D eigenvalue weighted by atomic mass is 10.0. The molecule has 0 unspecified atom stereocenters. The summed E-state index contributed by atoms with van der Waals surface area (Å²) in [4.78, 5) is 0.